The van der Waals surface area contributed by atoms with E-state index < -0.39 is 22.0 Å². The summed E-state index contributed by atoms with van der Waals surface area (Å²) in [5.41, 5.74) is 3.01. The maximum atomic E-state index is 13.4. The average Bonchev–Trinajstić information content (AvgIpc) is 3.29. The van der Waals surface area contributed by atoms with Crippen molar-refractivity contribution in [1.29, 1.82) is 0 Å². The average molecular weight is 558 g/mol. The fourth-order valence-corrected chi connectivity index (χ4v) is 4.83. The number of hydrogen-bond acceptors (Lipinski definition) is 8. The van der Waals surface area contributed by atoms with Gasteiger partial charge in [-0.1, -0.05) is 24.6 Å². The van der Waals surface area contributed by atoms with Crippen molar-refractivity contribution in [3.05, 3.63) is 74.4 Å². The molecule has 0 fully saturated rings. The van der Waals surface area contributed by atoms with Crippen molar-refractivity contribution in [1.82, 2.24) is 19.5 Å². The van der Waals surface area contributed by atoms with Gasteiger partial charge >= 0.3 is 0 Å². The maximum absolute atomic E-state index is 13.4. The predicted octanol–water partition coefficient (Wildman–Crippen LogP) is 4.59. The number of aromatic nitrogens is 3. The molecule has 0 aliphatic carbocycles. The Morgan fingerprint density at radius 3 is 2.66 bits per heavy atom. The second-order valence-electron chi connectivity index (χ2n) is 9.21. The van der Waals surface area contributed by atoms with Crippen molar-refractivity contribution in [2.24, 2.45) is 0 Å². The molecule has 0 unspecified atom stereocenters. The fraction of sp³-hybridized carbons (Fsp3) is 0.308. The van der Waals surface area contributed by atoms with Gasteiger partial charge in [-0.15, -0.1) is 0 Å². The topological polar surface area (TPSA) is 136 Å². The van der Waals surface area contributed by atoms with Crippen LogP contribution in [0, 0.1) is 13.8 Å². The van der Waals surface area contributed by atoms with Crippen LogP contribution in [-0.4, -0.2) is 35.3 Å². The first kappa shape index (κ1) is 27.3. The first-order valence-corrected chi connectivity index (χ1v) is 14.2. The number of pyridine rings is 1. The van der Waals surface area contributed by atoms with Gasteiger partial charge in [-0.25, -0.2) is 18.1 Å². The summed E-state index contributed by atoms with van der Waals surface area (Å²) in [4.78, 5) is 30.1. The zero-order chi connectivity index (χ0) is 27.8. The minimum Gasteiger partial charge on any atom is -0.455 e. The number of amides is 1. The molecule has 1 amide bonds. The highest BCUT2D eigenvalue weighted by molar-refractivity contribution is 7.89. The minimum atomic E-state index is -3.83. The molecule has 38 heavy (non-hydrogen) atoms. The monoisotopic (exact) mass is 557 g/mol. The van der Waals surface area contributed by atoms with Crippen molar-refractivity contribution in [3.8, 4) is 11.3 Å². The quantitative estimate of drug-likeness (QED) is 0.300. The number of hydrogen-bond donors (Lipinski definition) is 2. The zero-order valence-corrected chi connectivity index (χ0v) is 23.2. The Hall–Kier alpha value is -3.70. The Morgan fingerprint density at radius 2 is 1.97 bits per heavy atom. The van der Waals surface area contributed by atoms with E-state index in [0.717, 1.165) is 24.8 Å². The lowest BCUT2D eigenvalue weighted by Crippen LogP contribution is -2.31. The first-order chi connectivity index (χ1) is 17.9. The SMILES string of the molecule is CCCn1cc(-c2oc3c([C@@H](C)Nc4ccc(Cl)nc4C(=O)NS(C)(=O)=O)cc(C)cc3c(=O)c2C)cn1. The molecule has 0 aliphatic heterocycles. The van der Waals surface area contributed by atoms with Crippen LogP contribution in [0.2, 0.25) is 5.15 Å². The van der Waals surface area contributed by atoms with Gasteiger partial charge in [0.05, 0.1) is 35.1 Å². The molecule has 200 valence electrons. The van der Waals surface area contributed by atoms with Crippen molar-refractivity contribution in [2.75, 3.05) is 11.6 Å². The second kappa shape index (κ2) is 10.6. The number of nitrogens with zero attached hydrogens (tertiary/aromatic N) is 3. The van der Waals surface area contributed by atoms with Gasteiger partial charge in [0, 0.05) is 23.9 Å². The van der Waals surface area contributed by atoms with Gasteiger partial charge in [0.25, 0.3) is 5.91 Å². The summed E-state index contributed by atoms with van der Waals surface area (Å²) < 4.78 is 33.3. The molecule has 0 bridgehead atoms. The van der Waals surface area contributed by atoms with Gasteiger partial charge in [-0.05, 0) is 51.0 Å². The van der Waals surface area contributed by atoms with E-state index in [1.54, 1.807) is 23.9 Å². The van der Waals surface area contributed by atoms with Crippen molar-refractivity contribution < 1.29 is 17.6 Å². The van der Waals surface area contributed by atoms with Gasteiger partial charge in [0.2, 0.25) is 10.0 Å². The second-order valence-corrected chi connectivity index (χ2v) is 11.3. The van der Waals surface area contributed by atoms with Crippen LogP contribution < -0.4 is 15.5 Å². The number of nitrogens with one attached hydrogen (secondary N) is 2. The standard InChI is InChI=1S/C26H28ClN5O5S/c1-6-9-32-13-17(12-28-32)24-15(3)23(33)19-11-14(2)10-18(25(19)37-24)16(4)29-20-7-8-21(27)30-22(20)26(34)31-38(5,35)36/h7-8,10-13,16,29H,6,9H2,1-5H3,(H,31,34)/t16-/m1/s1. The van der Waals surface area contributed by atoms with Gasteiger partial charge < -0.3 is 9.73 Å². The van der Waals surface area contributed by atoms with E-state index in [0.29, 0.717) is 33.4 Å². The summed E-state index contributed by atoms with van der Waals surface area (Å²) in [6.07, 6.45) is 5.31. The Morgan fingerprint density at radius 1 is 1.24 bits per heavy atom. The van der Waals surface area contributed by atoms with E-state index in [1.165, 1.54) is 12.1 Å². The molecular weight excluding hydrogens is 530 g/mol. The number of aryl methyl sites for hydroxylation is 2. The molecule has 0 saturated heterocycles. The Kier molecular flexibility index (Phi) is 7.61. The summed E-state index contributed by atoms with van der Waals surface area (Å²) in [6, 6.07) is 6.21. The predicted molar refractivity (Wildman–Crippen MR) is 147 cm³/mol. The molecule has 3 aromatic heterocycles. The highest BCUT2D eigenvalue weighted by atomic mass is 35.5. The zero-order valence-electron chi connectivity index (χ0n) is 21.6. The van der Waals surface area contributed by atoms with Gasteiger partial charge in [0.1, 0.15) is 16.5 Å². The van der Waals surface area contributed by atoms with Crippen LogP contribution in [0.15, 0.2) is 45.9 Å². The molecule has 1 atom stereocenters. The Labute approximate surface area is 225 Å². The molecular formula is C26H28ClN5O5S. The smallest absolute Gasteiger partial charge is 0.285 e. The third-order valence-corrected chi connectivity index (χ3v) is 6.70. The summed E-state index contributed by atoms with van der Waals surface area (Å²) >= 11 is 5.99. The summed E-state index contributed by atoms with van der Waals surface area (Å²) in [7, 11) is -3.83. The van der Waals surface area contributed by atoms with E-state index >= 15 is 0 Å². The molecule has 0 spiro atoms. The van der Waals surface area contributed by atoms with E-state index in [9.17, 15) is 18.0 Å². The van der Waals surface area contributed by atoms with Crippen LogP contribution >= 0.6 is 11.6 Å². The van der Waals surface area contributed by atoms with Gasteiger partial charge in [-0.3, -0.25) is 14.3 Å². The first-order valence-electron chi connectivity index (χ1n) is 11.9. The van der Waals surface area contributed by atoms with Crippen molar-refractivity contribution >= 4 is 44.2 Å². The number of carbonyl (C=O) groups excluding carboxylic acids is 1. The Bertz CT molecular complexity index is 1710. The van der Waals surface area contributed by atoms with Gasteiger partial charge in [-0.2, -0.15) is 5.10 Å². The largest absolute Gasteiger partial charge is 0.455 e. The van der Waals surface area contributed by atoms with Crippen LogP contribution in [0.5, 0.6) is 0 Å². The summed E-state index contributed by atoms with van der Waals surface area (Å²) in [6.45, 7) is 8.24. The van der Waals surface area contributed by atoms with Crippen LogP contribution in [-0.2, 0) is 16.6 Å². The summed E-state index contributed by atoms with van der Waals surface area (Å²) in [5.74, 6) is -0.490. The van der Waals surface area contributed by atoms with Crippen molar-refractivity contribution in [2.45, 2.75) is 46.7 Å². The summed E-state index contributed by atoms with van der Waals surface area (Å²) in [5, 5.41) is 8.02. The third kappa shape index (κ3) is 5.73. The van der Waals surface area contributed by atoms with E-state index in [-0.39, 0.29) is 22.0 Å². The molecule has 4 rings (SSSR count). The number of halogens is 1. The number of benzene rings is 1. The minimum absolute atomic E-state index is 0.0255. The number of rotatable bonds is 8. The van der Waals surface area contributed by atoms with Crippen LogP contribution in [0.4, 0.5) is 5.69 Å². The Balaban J connectivity index is 1.81. The molecule has 1 aromatic carbocycles. The van der Waals surface area contributed by atoms with Crippen molar-refractivity contribution in [3.63, 3.8) is 0 Å². The molecule has 2 N–H and O–H groups in total. The molecule has 0 radical (unpaired) electrons. The molecule has 3 heterocycles. The van der Waals surface area contributed by atoms with E-state index in [2.05, 4.69) is 22.3 Å². The van der Waals surface area contributed by atoms with Crippen LogP contribution in [0.25, 0.3) is 22.3 Å². The number of carbonyl (C=O) groups is 1. The highest BCUT2D eigenvalue weighted by Gasteiger charge is 2.23. The van der Waals surface area contributed by atoms with Crippen LogP contribution in [0.3, 0.4) is 0 Å². The number of anilines is 1. The molecule has 12 heteroatoms. The lowest BCUT2D eigenvalue weighted by molar-refractivity contribution is 0.0977. The lowest BCUT2D eigenvalue weighted by Gasteiger charge is -2.20. The third-order valence-electron chi connectivity index (χ3n) is 5.93. The van der Waals surface area contributed by atoms with Gasteiger partial charge in [0.15, 0.2) is 11.1 Å². The van der Waals surface area contributed by atoms with E-state index in [4.69, 9.17) is 16.0 Å². The van der Waals surface area contributed by atoms with Crippen LogP contribution in [0.1, 0.15) is 53.5 Å². The fourth-order valence-electron chi connectivity index (χ4n) is 4.25. The molecule has 4 aromatic rings. The molecule has 10 nitrogen and oxygen atoms in total. The van der Waals surface area contributed by atoms with E-state index in [1.807, 2.05) is 30.8 Å². The number of fused-ring (bicyclic) bond motifs is 1. The molecule has 0 saturated carbocycles. The lowest BCUT2D eigenvalue weighted by atomic mass is 9.99. The maximum Gasteiger partial charge on any atom is 0.285 e. The normalized spacial score (nSPS) is 12.5. The highest BCUT2D eigenvalue weighted by Crippen LogP contribution is 2.32. The number of sulfonamides is 1. The molecule has 0 aliphatic rings.